The normalized spacial score (nSPS) is 11.8. The van der Waals surface area contributed by atoms with E-state index in [9.17, 15) is 4.79 Å². The third-order valence-electron chi connectivity index (χ3n) is 2.72. The summed E-state index contributed by atoms with van der Waals surface area (Å²) in [7, 11) is -2.58. The Morgan fingerprint density at radius 2 is 1.59 bits per heavy atom. The first kappa shape index (κ1) is 21.0. The fraction of sp³-hybridized carbons (Fsp3) is 0.688. The number of esters is 1. The second-order valence-corrected chi connectivity index (χ2v) is 7.36. The highest BCUT2D eigenvalue weighted by Crippen LogP contribution is 2.17. The highest BCUT2D eigenvalue weighted by Gasteiger charge is 2.38. The van der Waals surface area contributed by atoms with Gasteiger partial charge in [-0.1, -0.05) is 18.7 Å². The van der Waals surface area contributed by atoms with E-state index in [0.29, 0.717) is 38.0 Å². The molecule has 0 N–H and O–H groups in total. The van der Waals surface area contributed by atoms with Crippen molar-refractivity contribution < 1.29 is 22.8 Å². The lowest BCUT2D eigenvalue weighted by atomic mass is 10.3. The van der Waals surface area contributed by atoms with Crippen LogP contribution in [0.15, 0.2) is 24.3 Å². The summed E-state index contributed by atoms with van der Waals surface area (Å²) in [6.45, 7) is 13.2. The number of ether oxygens (including phenoxy) is 1. The van der Waals surface area contributed by atoms with Gasteiger partial charge in [0.2, 0.25) is 0 Å². The average molecular weight is 330 g/mol. The topological polar surface area (TPSA) is 54.0 Å². The van der Waals surface area contributed by atoms with E-state index in [-0.39, 0.29) is 5.97 Å². The quantitative estimate of drug-likeness (QED) is 0.170. The summed E-state index contributed by atoms with van der Waals surface area (Å²) < 4.78 is 22.3. The molecule has 0 heterocycles. The first-order valence-electron chi connectivity index (χ1n) is 7.90. The zero-order valence-electron chi connectivity index (χ0n) is 14.4. The molecule has 6 heteroatoms. The first-order valence-corrected chi connectivity index (χ1v) is 9.84. The van der Waals surface area contributed by atoms with Gasteiger partial charge in [-0.15, -0.1) is 0 Å². The molecule has 0 amide bonds. The first-order chi connectivity index (χ1) is 10.5. The van der Waals surface area contributed by atoms with Crippen molar-refractivity contribution in [3.05, 3.63) is 24.3 Å². The Hall–Kier alpha value is -0.953. The van der Waals surface area contributed by atoms with E-state index >= 15 is 0 Å². The van der Waals surface area contributed by atoms with E-state index in [4.69, 9.17) is 18.0 Å². The Labute approximate surface area is 135 Å². The third kappa shape index (κ3) is 9.14. The number of carbonyl (C=O) groups excluding carboxylic acids is 1. The minimum absolute atomic E-state index is 0.334. The predicted molar refractivity (Wildman–Crippen MR) is 89.6 cm³/mol. The molecule has 0 aromatic carbocycles. The lowest BCUT2D eigenvalue weighted by Gasteiger charge is -2.27. The molecule has 128 valence electrons. The molecule has 0 aromatic heterocycles. The molecule has 0 fully saturated rings. The molecule has 0 aromatic rings. The molecule has 0 spiro atoms. The number of carbonyl (C=O) groups is 1. The fourth-order valence-electron chi connectivity index (χ4n) is 1.80. The Balaban J connectivity index is 4.13. The maximum Gasteiger partial charge on any atom is 0.504 e. The molecule has 0 radical (unpaired) electrons. The summed E-state index contributed by atoms with van der Waals surface area (Å²) in [4.78, 5) is 11.2. The Bertz CT molecular complexity index is 337. The Morgan fingerprint density at radius 3 is 2.05 bits per heavy atom. The van der Waals surface area contributed by atoms with Gasteiger partial charge >= 0.3 is 14.8 Å². The van der Waals surface area contributed by atoms with Crippen LogP contribution in [0.1, 0.15) is 40.5 Å². The number of hydrogen-bond acceptors (Lipinski definition) is 5. The minimum Gasteiger partial charge on any atom is -0.462 e. The molecule has 0 atom stereocenters. The number of unbranched alkanes of at least 4 members (excludes halogenated alkanes) is 1. The summed E-state index contributed by atoms with van der Waals surface area (Å²) in [6.07, 6.45) is 5.70. The lowest BCUT2D eigenvalue weighted by Crippen LogP contribution is -2.45. The summed E-state index contributed by atoms with van der Waals surface area (Å²) in [5.41, 5.74) is 0.427. The summed E-state index contributed by atoms with van der Waals surface area (Å²) >= 11 is 0. The average Bonchev–Trinajstić information content (AvgIpc) is 2.46. The standard InChI is InChI=1S/C16H30O5Si/c1-6-19-22(20-7-2,21-8-3)14-12-10-9-11-13-18-16(17)15(4)5/h10,12H,4,6-9,11,13-14H2,1-3,5H3. The van der Waals surface area contributed by atoms with Gasteiger partial charge in [0.25, 0.3) is 0 Å². The van der Waals surface area contributed by atoms with E-state index in [2.05, 4.69) is 6.58 Å². The minimum atomic E-state index is -2.58. The van der Waals surface area contributed by atoms with Gasteiger partial charge in [-0.25, -0.2) is 4.79 Å². The highest BCUT2D eigenvalue weighted by atomic mass is 28.4. The van der Waals surface area contributed by atoms with Crippen LogP contribution >= 0.6 is 0 Å². The largest absolute Gasteiger partial charge is 0.504 e. The van der Waals surface area contributed by atoms with Crippen LogP contribution in [0.4, 0.5) is 0 Å². The van der Waals surface area contributed by atoms with Crippen molar-refractivity contribution in [1.29, 1.82) is 0 Å². The molecule has 0 saturated heterocycles. The van der Waals surface area contributed by atoms with Gasteiger partial charge in [0.05, 0.1) is 6.61 Å². The molecule has 0 aliphatic heterocycles. The van der Waals surface area contributed by atoms with E-state index in [1.807, 2.05) is 32.9 Å². The van der Waals surface area contributed by atoms with E-state index in [0.717, 1.165) is 12.8 Å². The van der Waals surface area contributed by atoms with Crippen molar-refractivity contribution in [3.8, 4) is 0 Å². The Morgan fingerprint density at radius 1 is 1.05 bits per heavy atom. The SMILES string of the molecule is C=C(C)C(=O)OCCCC=CC[Si](OCC)(OCC)OCC. The molecular formula is C16H30O5Si. The zero-order chi connectivity index (χ0) is 16.8. The van der Waals surface area contributed by atoms with E-state index < -0.39 is 8.80 Å². The maximum atomic E-state index is 11.2. The van der Waals surface area contributed by atoms with Crippen molar-refractivity contribution in [2.24, 2.45) is 0 Å². The molecule has 22 heavy (non-hydrogen) atoms. The molecular weight excluding hydrogens is 300 g/mol. The van der Waals surface area contributed by atoms with Crippen LogP contribution in [-0.2, 0) is 22.8 Å². The molecule has 5 nitrogen and oxygen atoms in total. The molecule has 0 aliphatic rings. The van der Waals surface area contributed by atoms with Crippen LogP contribution in [0, 0.1) is 0 Å². The van der Waals surface area contributed by atoms with Gasteiger partial charge < -0.3 is 18.0 Å². The second-order valence-electron chi connectivity index (χ2n) is 4.72. The van der Waals surface area contributed by atoms with Crippen molar-refractivity contribution in [2.75, 3.05) is 26.4 Å². The highest BCUT2D eigenvalue weighted by molar-refractivity contribution is 6.61. The van der Waals surface area contributed by atoms with Gasteiger partial charge in [0, 0.05) is 31.4 Å². The van der Waals surface area contributed by atoms with Gasteiger partial charge in [-0.2, -0.15) is 0 Å². The van der Waals surface area contributed by atoms with E-state index in [1.165, 1.54) is 0 Å². The van der Waals surface area contributed by atoms with Gasteiger partial charge in [0.15, 0.2) is 0 Å². The van der Waals surface area contributed by atoms with Crippen LogP contribution in [0.3, 0.4) is 0 Å². The van der Waals surface area contributed by atoms with Gasteiger partial charge in [-0.05, 0) is 40.5 Å². The van der Waals surface area contributed by atoms with Crippen LogP contribution < -0.4 is 0 Å². The van der Waals surface area contributed by atoms with E-state index in [1.54, 1.807) is 6.92 Å². The van der Waals surface area contributed by atoms with Crippen molar-refractivity contribution in [3.63, 3.8) is 0 Å². The summed E-state index contributed by atoms with van der Waals surface area (Å²) in [5.74, 6) is -0.334. The Kier molecular flexibility index (Phi) is 12.0. The molecule has 0 aliphatic carbocycles. The van der Waals surface area contributed by atoms with Crippen LogP contribution in [-0.4, -0.2) is 41.2 Å². The smallest absolute Gasteiger partial charge is 0.462 e. The molecule has 0 unspecified atom stereocenters. The zero-order valence-corrected chi connectivity index (χ0v) is 15.4. The maximum absolute atomic E-state index is 11.2. The van der Waals surface area contributed by atoms with Crippen LogP contribution in [0.2, 0.25) is 6.04 Å². The molecule has 0 saturated carbocycles. The van der Waals surface area contributed by atoms with Crippen molar-refractivity contribution in [1.82, 2.24) is 0 Å². The number of hydrogen-bond donors (Lipinski definition) is 0. The van der Waals surface area contributed by atoms with Crippen molar-refractivity contribution in [2.45, 2.75) is 46.6 Å². The van der Waals surface area contributed by atoms with Gasteiger partial charge in [0.1, 0.15) is 0 Å². The third-order valence-corrected chi connectivity index (χ3v) is 5.65. The van der Waals surface area contributed by atoms with Crippen molar-refractivity contribution >= 4 is 14.8 Å². The predicted octanol–water partition coefficient (Wildman–Crippen LogP) is 3.49. The molecule has 0 rings (SSSR count). The lowest BCUT2D eigenvalue weighted by molar-refractivity contribution is -0.139. The number of rotatable bonds is 13. The fourth-order valence-corrected chi connectivity index (χ4v) is 4.17. The monoisotopic (exact) mass is 330 g/mol. The number of allylic oxidation sites excluding steroid dienone is 2. The van der Waals surface area contributed by atoms with Crippen LogP contribution in [0.25, 0.3) is 0 Å². The second kappa shape index (κ2) is 12.6. The summed E-state index contributed by atoms with van der Waals surface area (Å²) in [6, 6.07) is 0.661. The summed E-state index contributed by atoms with van der Waals surface area (Å²) in [5, 5.41) is 0. The van der Waals surface area contributed by atoms with Gasteiger partial charge in [-0.3, -0.25) is 0 Å². The van der Waals surface area contributed by atoms with Crippen LogP contribution in [0.5, 0.6) is 0 Å². The molecule has 0 bridgehead atoms.